The topological polar surface area (TPSA) is 70.5 Å². The van der Waals surface area contributed by atoms with Gasteiger partial charge >= 0.3 is 0 Å². The molecule has 0 atom stereocenters. The molecule has 36 heavy (non-hydrogen) atoms. The third kappa shape index (κ3) is 6.19. The molecule has 4 aromatic rings. The van der Waals surface area contributed by atoms with Gasteiger partial charge in [0.25, 0.3) is 0 Å². The Morgan fingerprint density at radius 2 is 0.972 bits per heavy atom. The lowest BCUT2D eigenvalue weighted by molar-refractivity contribution is 0.475. The largest absolute Gasteiger partial charge is 0.457 e. The zero-order valence-corrected chi connectivity index (χ0v) is 21.5. The third-order valence-electron chi connectivity index (χ3n) is 6.42. The normalized spacial score (nSPS) is 11.0. The predicted octanol–water partition coefficient (Wildman–Crippen LogP) is 8.49. The van der Waals surface area contributed by atoms with Crippen molar-refractivity contribution >= 4 is 11.4 Å². The second kappa shape index (κ2) is 11.7. The van der Waals surface area contributed by atoms with Gasteiger partial charge in [0, 0.05) is 17.3 Å². The van der Waals surface area contributed by atoms with Crippen LogP contribution in [0.2, 0.25) is 0 Å². The van der Waals surface area contributed by atoms with Crippen molar-refractivity contribution in [2.45, 2.75) is 52.4 Å². The highest BCUT2D eigenvalue weighted by atomic mass is 16.5. The summed E-state index contributed by atoms with van der Waals surface area (Å²) in [6.07, 6.45) is 4.02. The molecule has 0 spiro atoms. The predicted molar refractivity (Wildman–Crippen MR) is 150 cm³/mol. The number of benzene rings is 4. The van der Waals surface area contributed by atoms with Crippen molar-refractivity contribution in [1.82, 2.24) is 0 Å². The van der Waals surface area contributed by atoms with Gasteiger partial charge in [-0.15, -0.1) is 0 Å². The summed E-state index contributed by atoms with van der Waals surface area (Å²) in [5.41, 5.74) is 18.1. The van der Waals surface area contributed by atoms with E-state index in [-0.39, 0.29) is 5.92 Å². The van der Waals surface area contributed by atoms with Crippen molar-refractivity contribution in [3.63, 3.8) is 0 Å². The van der Waals surface area contributed by atoms with Gasteiger partial charge in [0.1, 0.15) is 23.0 Å². The van der Waals surface area contributed by atoms with Crippen LogP contribution in [0.15, 0.2) is 84.9 Å². The minimum Gasteiger partial charge on any atom is -0.457 e. The number of aryl methyl sites for hydroxylation is 2. The number of anilines is 2. The summed E-state index contributed by atoms with van der Waals surface area (Å²) in [6.45, 7) is 6.65. The van der Waals surface area contributed by atoms with E-state index < -0.39 is 0 Å². The van der Waals surface area contributed by atoms with Crippen molar-refractivity contribution in [3.8, 4) is 23.0 Å². The molecule has 4 N–H and O–H groups in total. The Morgan fingerprint density at radius 3 is 1.33 bits per heavy atom. The number of hydrogen-bond acceptors (Lipinski definition) is 4. The summed E-state index contributed by atoms with van der Waals surface area (Å²) in [5.74, 6) is 3.63. The highest BCUT2D eigenvalue weighted by Crippen LogP contribution is 2.35. The van der Waals surface area contributed by atoms with E-state index in [1.807, 2.05) is 48.5 Å². The van der Waals surface area contributed by atoms with E-state index in [9.17, 15) is 0 Å². The molecule has 0 bridgehead atoms. The maximum Gasteiger partial charge on any atom is 0.130 e. The van der Waals surface area contributed by atoms with Crippen LogP contribution >= 0.6 is 0 Å². The molecular weight excluding hydrogens is 444 g/mol. The summed E-state index contributed by atoms with van der Waals surface area (Å²) in [6, 6.07) is 28.2. The lowest BCUT2D eigenvalue weighted by Gasteiger charge is -2.19. The maximum atomic E-state index is 6.21. The minimum atomic E-state index is 0.243. The van der Waals surface area contributed by atoms with Gasteiger partial charge in [-0.3, -0.25) is 0 Å². The molecule has 0 saturated carbocycles. The molecule has 0 aromatic heterocycles. The van der Waals surface area contributed by atoms with Crippen molar-refractivity contribution < 1.29 is 9.47 Å². The Morgan fingerprint density at radius 1 is 0.583 bits per heavy atom. The summed E-state index contributed by atoms with van der Waals surface area (Å²) in [4.78, 5) is 0. The third-order valence-corrected chi connectivity index (χ3v) is 6.42. The van der Waals surface area contributed by atoms with Gasteiger partial charge in [-0.2, -0.15) is 0 Å². The van der Waals surface area contributed by atoms with Crippen LogP contribution in [0.1, 0.15) is 61.8 Å². The van der Waals surface area contributed by atoms with Gasteiger partial charge in [-0.1, -0.05) is 57.9 Å². The van der Waals surface area contributed by atoms with Gasteiger partial charge < -0.3 is 20.9 Å². The van der Waals surface area contributed by atoms with Gasteiger partial charge in [0.2, 0.25) is 0 Å². The lowest BCUT2D eigenvalue weighted by Crippen LogP contribution is -2.01. The first kappa shape index (κ1) is 25.2. The van der Waals surface area contributed by atoms with E-state index in [4.69, 9.17) is 20.9 Å². The fourth-order valence-corrected chi connectivity index (χ4v) is 4.38. The fourth-order valence-electron chi connectivity index (χ4n) is 4.38. The van der Waals surface area contributed by atoms with Crippen LogP contribution in [-0.2, 0) is 12.8 Å². The van der Waals surface area contributed by atoms with Crippen LogP contribution in [0.5, 0.6) is 23.0 Å². The van der Waals surface area contributed by atoms with Gasteiger partial charge in [-0.25, -0.2) is 0 Å². The highest BCUT2D eigenvalue weighted by Gasteiger charge is 2.15. The van der Waals surface area contributed by atoms with Crippen LogP contribution in [0.25, 0.3) is 0 Å². The molecule has 4 heteroatoms. The summed E-state index contributed by atoms with van der Waals surface area (Å²) >= 11 is 0. The fraction of sp³-hybridized carbons (Fsp3) is 0.250. The zero-order valence-electron chi connectivity index (χ0n) is 21.5. The molecule has 0 saturated heterocycles. The standard InChI is InChI=1S/C32H36N2O2/c1-4-6-25-20-23(8-18-31(25)35-29-14-10-27(33)11-15-29)22(3)24-9-19-32(26(21-24)7-5-2)36-30-16-12-28(34)13-17-30/h8-22H,4-7,33-34H2,1-3H3. The molecule has 0 unspecified atom stereocenters. The van der Waals surface area contributed by atoms with Gasteiger partial charge in [-0.05, 0) is 95.8 Å². The summed E-state index contributed by atoms with van der Waals surface area (Å²) in [5, 5.41) is 0. The summed E-state index contributed by atoms with van der Waals surface area (Å²) < 4.78 is 12.4. The number of hydrogen-bond donors (Lipinski definition) is 2. The Kier molecular flexibility index (Phi) is 8.17. The quantitative estimate of drug-likeness (QED) is 0.223. The van der Waals surface area contributed by atoms with E-state index in [2.05, 4.69) is 57.2 Å². The number of ether oxygens (including phenoxy) is 2. The lowest BCUT2D eigenvalue weighted by atomic mass is 9.89. The number of rotatable bonds is 10. The zero-order chi connectivity index (χ0) is 25.5. The number of nitrogen functional groups attached to an aromatic ring is 2. The smallest absolute Gasteiger partial charge is 0.130 e. The molecule has 4 aromatic carbocycles. The van der Waals surface area contributed by atoms with Crippen molar-refractivity contribution in [2.24, 2.45) is 0 Å². The second-order valence-corrected chi connectivity index (χ2v) is 9.30. The molecule has 0 aliphatic rings. The van der Waals surface area contributed by atoms with Crippen LogP contribution in [-0.4, -0.2) is 0 Å². The second-order valence-electron chi connectivity index (χ2n) is 9.30. The van der Waals surface area contributed by atoms with Crippen LogP contribution in [0.3, 0.4) is 0 Å². The highest BCUT2D eigenvalue weighted by molar-refractivity contribution is 5.49. The Bertz CT molecular complexity index is 1180. The van der Waals surface area contributed by atoms with Crippen molar-refractivity contribution in [1.29, 1.82) is 0 Å². The molecule has 4 rings (SSSR count). The van der Waals surface area contributed by atoms with E-state index in [0.29, 0.717) is 0 Å². The molecular formula is C32H36N2O2. The van der Waals surface area contributed by atoms with Crippen molar-refractivity contribution in [2.75, 3.05) is 11.5 Å². The maximum absolute atomic E-state index is 6.21. The molecule has 0 heterocycles. The Labute approximate surface area is 214 Å². The molecule has 186 valence electrons. The van der Waals surface area contributed by atoms with Crippen LogP contribution in [0, 0.1) is 0 Å². The van der Waals surface area contributed by atoms with Gasteiger partial charge in [0.15, 0.2) is 0 Å². The average molecular weight is 481 g/mol. The van der Waals surface area contributed by atoms with E-state index in [1.54, 1.807) is 0 Å². The first-order valence-electron chi connectivity index (χ1n) is 12.8. The van der Waals surface area contributed by atoms with Crippen molar-refractivity contribution in [3.05, 3.63) is 107 Å². The molecule has 0 radical (unpaired) electrons. The van der Waals surface area contributed by atoms with E-state index in [0.717, 1.165) is 60.1 Å². The van der Waals surface area contributed by atoms with E-state index in [1.165, 1.54) is 22.3 Å². The average Bonchev–Trinajstić information content (AvgIpc) is 2.88. The molecule has 0 amide bonds. The molecule has 0 aliphatic heterocycles. The molecule has 0 aliphatic carbocycles. The first-order chi connectivity index (χ1) is 17.5. The van der Waals surface area contributed by atoms with E-state index >= 15 is 0 Å². The SMILES string of the molecule is CCCc1cc(C(C)c2ccc(Oc3ccc(N)cc3)c(CCC)c2)ccc1Oc1ccc(N)cc1. The first-order valence-corrected chi connectivity index (χ1v) is 12.8. The summed E-state index contributed by atoms with van der Waals surface area (Å²) in [7, 11) is 0. The molecule has 4 nitrogen and oxygen atoms in total. The van der Waals surface area contributed by atoms with Crippen LogP contribution < -0.4 is 20.9 Å². The monoisotopic (exact) mass is 480 g/mol. The van der Waals surface area contributed by atoms with Crippen LogP contribution in [0.4, 0.5) is 11.4 Å². The Hall–Kier alpha value is -3.92. The van der Waals surface area contributed by atoms with Gasteiger partial charge in [0.05, 0.1) is 0 Å². The Balaban J connectivity index is 1.59. The number of nitrogens with two attached hydrogens (primary N) is 2. The minimum absolute atomic E-state index is 0.243. The molecule has 0 fully saturated rings.